The van der Waals surface area contributed by atoms with Gasteiger partial charge in [0.15, 0.2) is 16.3 Å². The van der Waals surface area contributed by atoms with Crippen LogP contribution in [0.1, 0.15) is 18.4 Å². The van der Waals surface area contributed by atoms with E-state index in [9.17, 15) is 9.59 Å². The van der Waals surface area contributed by atoms with Crippen molar-refractivity contribution < 1.29 is 14.3 Å². The van der Waals surface area contributed by atoms with E-state index in [0.717, 1.165) is 25.0 Å². The number of benzene rings is 1. The molecule has 1 fully saturated rings. The third kappa shape index (κ3) is 4.34. The van der Waals surface area contributed by atoms with E-state index in [1.165, 1.54) is 18.1 Å². The fourth-order valence-electron chi connectivity index (χ4n) is 3.43. The Morgan fingerprint density at radius 2 is 2.33 bits per heavy atom. The van der Waals surface area contributed by atoms with Crippen molar-refractivity contribution in [2.45, 2.75) is 37.6 Å². The summed E-state index contributed by atoms with van der Waals surface area (Å²) in [6.07, 6.45) is 3.37. The van der Waals surface area contributed by atoms with Crippen molar-refractivity contribution in [2.24, 2.45) is 0 Å². The first-order chi connectivity index (χ1) is 14.5. The van der Waals surface area contributed by atoms with E-state index in [0.29, 0.717) is 28.8 Å². The maximum absolute atomic E-state index is 12.6. The van der Waals surface area contributed by atoms with Crippen molar-refractivity contribution in [2.75, 3.05) is 24.8 Å². The second kappa shape index (κ2) is 8.88. The van der Waals surface area contributed by atoms with Crippen molar-refractivity contribution in [1.82, 2.24) is 19.5 Å². The molecule has 9 nitrogen and oxygen atoms in total. The standard InChI is InChI=1S/C20H23N5O4S/c1-12-5-6-15(28-2)14(8-12)23-16(26)10-30-20-24-17-18(21-11-22-19(17)27)25(20)9-13-4-3-7-29-13/h5-6,8,11,13H,3-4,7,9-10H2,1-2H3,(H,23,26)(H,21,22,27)/t13-/m0/s1. The van der Waals surface area contributed by atoms with E-state index < -0.39 is 0 Å². The van der Waals surface area contributed by atoms with Gasteiger partial charge < -0.3 is 24.3 Å². The normalized spacial score (nSPS) is 16.1. The molecule has 1 aromatic carbocycles. The van der Waals surface area contributed by atoms with Gasteiger partial charge in [0.25, 0.3) is 5.56 Å². The smallest absolute Gasteiger partial charge is 0.278 e. The van der Waals surface area contributed by atoms with Crippen LogP contribution in [0.25, 0.3) is 11.2 Å². The van der Waals surface area contributed by atoms with Crippen LogP contribution in [0.4, 0.5) is 5.69 Å². The van der Waals surface area contributed by atoms with Gasteiger partial charge in [0.05, 0.1) is 37.5 Å². The predicted octanol–water partition coefficient (Wildman–Crippen LogP) is 2.35. The quantitative estimate of drug-likeness (QED) is 0.555. The highest BCUT2D eigenvalue weighted by atomic mass is 32.2. The van der Waals surface area contributed by atoms with Crippen LogP contribution in [0.2, 0.25) is 0 Å². The van der Waals surface area contributed by atoms with Crippen LogP contribution in [0.5, 0.6) is 5.75 Å². The lowest BCUT2D eigenvalue weighted by Crippen LogP contribution is -2.18. The van der Waals surface area contributed by atoms with Gasteiger partial charge in [-0.25, -0.2) is 9.97 Å². The zero-order valence-corrected chi connectivity index (χ0v) is 17.6. The van der Waals surface area contributed by atoms with Crippen molar-refractivity contribution in [3.05, 3.63) is 40.4 Å². The number of fused-ring (bicyclic) bond motifs is 1. The molecule has 1 atom stereocenters. The Kier molecular flexibility index (Phi) is 6.05. The Bertz CT molecular complexity index is 1120. The molecule has 2 aromatic heterocycles. The SMILES string of the molecule is COc1ccc(C)cc1NC(=O)CSc1nc2c(=O)[nH]cnc2n1C[C@@H]1CCCO1. The third-order valence-electron chi connectivity index (χ3n) is 4.88. The molecule has 30 heavy (non-hydrogen) atoms. The van der Waals surface area contributed by atoms with Gasteiger partial charge in [-0.1, -0.05) is 17.8 Å². The molecule has 1 aliphatic rings. The molecule has 0 saturated carbocycles. The van der Waals surface area contributed by atoms with E-state index in [-0.39, 0.29) is 28.8 Å². The molecule has 0 aliphatic carbocycles. The summed E-state index contributed by atoms with van der Waals surface area (Å²) < 4.78 is 12.9. The molecule has 3 heterocycles. The minimum atomic E-state index is -0.304. The number of aromatic nitrogens is 4. The van der Waals surface area contributed by atoms with Crippen LogP contribution in [0, 0.1) is 6.92 Å². The monoisotopic (exact) mass is 429 g/mol. The summed E-state index contributed by atoms with van der Waals surface area (Å²) >= 11 is 1.26. The predicted molar refractivity (Wildman–Crippen MR) is 114 cm³/mol. The van der Waals surface area contributed by atoms with Gasteiger partial charge in [0, 0.05) is 6.61 Å². The van der Waals surface area contributed by atoms with E-state index in [4.69, 9.17) is 9.47 Å². The van der Waals surface area contributed by atoms with Crippen molar-refractivity contribution >= 4 is 34.5 Å². The number of ether oxygens (including phenoxy) is 2. The number of methoxy groups -OCH3 is 1. The topological polar surface area (TPSA) is 111 Å². The third-order valence-corrected chi connectivity index (χ3v) is 5.85. The van der Waals surface area contributed by atoms with Crippen LogP contribution in [-0.4, -0.2) is 51.0 Å². The number of aromatic amines is 1. The van der Waals surface area contributed by atoms with Crippen LogP contribution < -0.4 is 15.6 Å². The first-order valence-corrected chi connectivity index (χ1v) is 10.7. The molecule has 0 unspecified atom stereocenters. The zero-order valence-electron chi connectivity index (χ0n) is 16.8. The Morgan fingerprint density at radius 1 is 1.47 bits per heavy atom. The molecule has 0 spiro atoms. The second-order valence-corrected chi connectivity index (χ2v) is 8.03. The lowest BCUT2D eigenvalue weighted by Gasteiger charge is -2.13. The van der Waals surface area contributed by atoms with Crippen molar-refractivity contribution in [3.63, 3.8) is 0 Å². The summed E-state index contributed by atoms with van der Waals surface area (Å²) in [4.78, 5) is 36.0. The molecular formula is C20H23N5O4S. The second-order valence-electron chi connectivity index (χ2n) is 7.08. The summed E-state index contributed by atoms with van der Waals surface area (Å²) in [5.74, 6) is 0.533. The largest absolute Gasteiger partial charge is 0.495 e. The van der Waals surface area contributed by atoms with Gasteiger partial charge in [0.2, 0.25) is 5.91 Å². The van der Waals surface area contributed by atoms with Crippen molar-refractivity contribution in [3.8, 4) is 5.75 Å². The first-order valence-electron chi connectivity index (χ1n) is 9.68. The average Bonchev–Trinajstić information content (AvgIpc) is 3.36. The number of carbonyl (C=O) groups is 1. The maximum Gasteiger partial charge on any atom is 0.278 e. The van der Waals surface area contributed by atoms with E-state index in [2.05, 4.69) is 20.3 Å². The zero-order chi connectivity index (χ0) is 21.1. The maximum atomic E-state index is 12.6. The van der Waals surface area contributed by atoms with Gasteiger partial charge in [-0.2, -0.15) is 0 Å². The lowest BCUT2D eigenvalue weighted by molar-refractivity contribution is -0.113. The number of H-pyrrole nitrogens is 1. The first kappa shape index (κ1) is 20.4. The van der Waals surface area contributed by atoms with Gasteiger partial charge in [-0.05, 0) is 37.5 Å². The Morgan fingerprint density at radius 3 is 3.10 bits per heavy atom. The Balaban J connectivity index is 1.53. The summed E-state index contributed by atoms with van der Waals surface area (Å²) in [6.45, 7) is 3.22. The Labute approximate surface area is 177 Å². The highest BCUT2D eigenvalue weighted by Crippen LogP contribution is 2.27. The molecule has 1 aliphatic heterocycles. The molecule has 3 aromatic rings. The van der Waals surface area contributed by atoms with E-state index in [1.807, 2.05) is 29.7 Å². The highest BCUT2D eigenvalue weighted by molar-refractivity contribution is 7.99. The number of nitrogens with zero attached hydrogens (tertiary/aromatic N) is 3. The summed E-state index contributed by atoms with van der Waals surface area (Å²) in [6, 6.07) is 5.59. The molecule has 10 heteroatoms. The van der Waals surface area contributed by atoms with Crippen LogP contribution >= 0.6 is 11.8 Å². The molecule has 0 radical (unpaired) electrons. The van der Waals surface area contributed by atoms with E-state index >= 15 is 0 Å². The fraction of sp³-hybridized carbons (Fsp3) is 0.400. The minimum absolute atomic E-state index is 0.0493. The molecule has 2 N–H and O–H groups in total. The van der Waals surface area contributed by atoms with Crippen LogP contribution in [0.15, 0.2) is 34.5 Å². The number of rotatable bonds is 7. The molecule has 158 valence electrons. The Hall–Kier alpha value is -2.85. The summed E-state index contributed by atoms with van der Waals surface area (Å²) in [7, 11) is 1.56. The molecular weight excluding hydrogens is 406 g/mol. The summed E-state index contributed by atoms with van der Waals surface area (Å²) in [5, 5.41) is 3.45. The number of anilines is 1. The van der Waals surface area contributed by atoms with Crippen molar-refractivity contribution in [1.29, 1.82) is 0 Å². The van der Waals surface area contributed by atoms with Gasteiger partial charge >= 0.3 is 0 Å². The summed E-state index contributed by atoms with van der Waals surface area (Å²) in [5.41, 5.74) is 2.09. The highest BCUT2D eigenvalue weighted by Gasteiger charge is 2.22. The van der Waals surface area contributed by atoms with Crippen LogP contribution in [-0.2, 0) is 16.1 Å². The number of nitrogens with one attached hydrogen (secondary N) is 2. The number of aryl methyl sites for hydroxylation is 1. The minimum Gasteiger partial charge on any atom is -0.495 e. The average molecular weight is 430 g/mol. The van der Waals surface area contributed by atoms with Gasteiger partial charge in [-0.3, -0.25) is 9.59 Å². The van der Waals surface area contributed by atoms with Crippen LogP contribution in [0.3, 0.4) is 0 Å². The number of hydrogen-bond acceptors (Lipinski definition) is 7. The number of hydrogen-bond donors (Lipinski definition) is 2. The molecule has 4 rings (SSSR count). The molecule has 1 saturated heterocycles. The van der Waals surface area contributed by atoms with Gasteiger partial charge in [-0.15, -0.1) is 0 Å². The fourth-order valence-corrected chi connectivity index (χ4v) is 4.24. The number of thioether (sulfide) groups is 1. The number of amides is 1. The number of imidazole rings is 1. The molecule has 1 amide bonds. The van der Waals surface area contributed by atoms with Gasteiger partial charge in [0.1, 0.15) is 5.75 Å². The van der Waals surface area contributed by atoms with E-state index in [1.54, 1.807) is 7.11 Å². The number of carbonyl (C=O) groups excluding carboxylic acids is 1. The lowest BCUT2D eigenvalue weighted by atomic mass is 10.2. The molecule has 0 bridgehead atoms.